The number of carboxylic acid groups (broad SMARTS) is 1. The molecular formula is C28H41N3O5S. The number of nitrogens with one attached hydrogen (secondary N) is 1. The first-order valence-electron chi connectivity index (χ1n) is 12.9. The lowest BCUT2D eigenvalue weighted by molar-refractivity contribution is -0.141. The summed E-state index contributed by atoms with van der Waals surface area (Å²) in [5.41, 5.74) is 1.18. The van der Waals surface area contributed by atoms with Gasteiger partial charge in [0.2, 0.25) is 5.91 Å². The lowest BCUT2D eigenvalue weighted by Gasteiger charge is -2.33. The molecule has 0 spiro atoms. The first-order valence-corrected chi connectivity index (χ1v) is 13.7. The minimum Gasteiger partial charge on any atom is -0.481 e. The standard InChI is InChI=1S/C28H41N3O5S/c1-17(2)12-25(33)31(6)23(18(3)4)15-24(32)27-30-22(16-37-27)26(34)29-21(13-19(5)28(35)36)14-20-10-8-7-9-11-20/h7-11,16-19,21,23-24,32H,12-15H2,1-6H3,(H,29,34)(H,35,36). The molecule has 1 heterocycles. The van der Waals surface area contributed by atoms with Gasteiger partial charge in [0.05, 0.1) is 5.92 Å². The van der Waals surface area contributed by atoms with Crippen LogP contribution in [0.2, 0.25) is 0 Å². The molecule has 0 saturated carbocycles. The number of rotatable bonds is 14. The van der Waals surface area contributed by atoms with E-state index in [4.69, 9.17) is 0 Å². The molecule has 0 aliphatic carbocycles. The summed E-state index contributed by atoms with van der Waals surface area (Å²) in [7, 11) is 1.77. The summed E-state index contributed by atoms with van der Waals surface area (Å²) >= 11 is 1.20. The lowest BCUT2D eigenvalue weighted by Crippen LogP contribution is -2.41. The summed E-state index contributed by atoms with van der Waals surface area (Å²) < 4.78 is 0. The third-order valence-corrected chi connectivity index (χ3v) is 7.41. The van der Waals surface area contributed by atoms with Gasteiger partial charge in [-0.05, 0) is 30.2 Å². The third kappa shape index (κ3) is 9.55. The number of thiazole rings is 1. The van der Waals surface area contributed by atoms with E-state index < -0.39 is 23.9 Å². The summed E-state index contributed by atoms with van der Waals surface area (Å²) in [6.07, 6.45) is 0.626. The van der Waals surface area contributed by atoms with Crippen LogP contribution in [0.3, 0.4) is 0 Å². The topological polar surface area (TPSA) is 120 Å². The average Bonchev–Trinajstić information content (AvgIpc) is 3.32. The molecule has 2 rings (SSSR count). The van der Waals surface area contributed by atoms with E-state index in [0.717, 1.165) is 5.56 Å². The van der Waals surface area contributed by atoms with E-state index in [1.54, 1.807) is 24.3 Å². The number of amides is 2. The first kappa shape index (κ1) is 30.4. The average molecular weight is 532 g/mol. The molecule has 8 nitrogen and oxygen atoms in total. The zero-order valence-electron chi connectivity index (χ0n) is 22.7. The van der Waals surface area contributed by atoms with Gasteiger partial charge in [-0.3, -0.25) is 14.4 Å². The van der Waals surface area contributed by atoms with Crippen LogP contribution in [0.1, 0.15) is 81.0 Å². The first-order chi connectivity index (χ1) is 17.4. The van der Waals surface area contributed by atoms with Crippen molar-refractivity contribution in [3.05, 3.63) is 52.0 Å². The summed E-state index contributed by atoms with van der Waals surface area (Å²) in [5, 5.41) is 25.2. The van der Waals surface area contributed by atoms with Crippen molar-refractivity contribution < 1.29 is 24.6 Å². The minimum atomic E-state index is -0.916. The molecule has 0 fully saturated rings. The van der Waals surface area contributed by atoms with Crippen molar-refractivity contribution >= 4 is 29.1 Å². The summed E-state index contributed by atoms with van der Waals surface area (Å²) in [5.74, 6) is -1.52. The van der Waals surface area contributed by atoms with E-state index in [2.05, 4.69) is 10.3 Å². The van der Waals surface area contributed by atoms with E-state index in [9.17, 15) is 24.6 Å². The lowest BCUT2D eigenvalue weighted by atomic mass is 9.95. The Morgan fingerprint density at radius 3 is 2.27 bits per heavy atom. The highest BCUT2D eigenvalue weighted by Gasteiger charge is 2.28. The Kier molecular flexibility index (Phi) is 11.7. The van der Waals surface area contributed by atoms with Crippen LogP contribution in [0.15, 0.2) is 35.7 Å². The molecule has 0 radical (unpaired) electrons. The predicted octanol–water partition coefficient (Wildman–Crippen LogP) is 4.55. The van der Waals surface area contributed by atoms with Crippen LogP contribution >= 0.6 is 11.3 Å². The largest absolute Gasteiger partial charge is 0.481 e. The van der Waals surface area contributed by atoms with Gasteiger partial charge in [-0.1, -0.05) is 65.0 Å². The number of carboxylic acids is 1. The number of carbonyl (C=O) groups is 3. The number of aliphatic carboxylic acids is 1. The highest BCUT2D eigenvalue weighted by atomic mass is 32.1. The van der Waals surface area contributed by atoms with E-state index in [1.165, 1.54) is 11.3 Å². The van der Waals surface area contributed by atoms with Gasteiger partial charge < -0.3 is 20.4 Å². The molecule has 37 heavy (non-hydrogen) atoms. The maximum absolute atomic E-state index is 13.0. The molecule has 1 aromatic carbocycles. The Morgan fingerprint density at radius 2 is 1.70 bits per heavy atom. The van der Waals surface area contributed by atoms with Gasteiger partial charge in [-0.25, -0.2) is 4.98 Å². The van der Waals surface area contributed by atoms with E-state index in [0.29, 0.717) is 24.3 Å². The zero-order chi connectivity index (χ0) is 27.7. The maximum atomic E-state index is 13.0. The maximum Gasteiger partial charge on any atom is 0.306 e. The van der Waals surface area contributed by atoms with Gasteiger partial charge in [0.25, 0.3) is 5.91 Å². The molecular weight excluding hydrogens is 490 g/mol. The summed E-state index contributed by atoms with van der Waals surface area (Å²) in [4.78, 5) is 43.1. The van der Waals surface area contributed by atoms with Gasteiger partial charge in [-0.2, -0.15) is 0 Å². The molecule has 4 atom stereocenters. The second-order valence-electron chi connectivity index (χ2n) is 10.6. The molecule has 204 valence electrons. The number of hydrogen-bond acceptors (Lipinski definition) is 6. The fraction of sp³-hybridized carbons (Fsp3) is 0.571. The van der Waals surface area contributed by atoms with Gasteiger partial charge in [0.15, 0.2) is 0 Å². The number of benzene rings is 1. The minimum absolute atomic E-state index is 0.0418. The molecule has 2 aromatic rings. The smallest absolute Gasteiger partial charge is 0.306 e. The van der Waals surface area contributed by atoms with Gasteiger partial charge >= 0.3 is 5.97 Å². The van der Waals surface area contributed by atoms with E-state index in [1.807, 2.05) is 58.0 Å². The van der Waals surface area contributed by atoms with Crippen LogP contribution < -0.4 is 5.32 Å². The van der Waals surface area contributed by atoms with Crippen molar-refractivity contribution in [1.82, 2.24) is 15.2 Å². The molecule has 0 bridgehead atoms. The fourth-order valence-electron chi connectivity index (χ4n) is 4.31. The normalized spacial score (nSPS) is 14.7. The second-order valence-corrected chi connectivity index (χ2v) is 11.5. The predicted molar refractivity (Wildman–Crippen MR) is 145 cm³/mol. The highest BCUT2D eigenvalue weighted by Crippen LogP contribution is 2.27. The van der Waals surface area contributed by atoms with Gasteiger partial charge in [0.1, 0.15) is 16.8 Å². The van der Waals surface area contributed by atoms with Crippen LogP contribution in [-0.4, -0.2) is 57.0 Å². The zero-order valence-corrected chi connectivity index (χ0v) is 23.5. The van der Waals surface area contributed by atoms with Crippen molar-refractivity contribution in [2.45, 2.75) is 78.5 Å². The van der Waals surface area contributed by atoms with Crippen molar-refractivity contribution in [2.24, 2.45) is 17.8 Å². The van der Waals surface area contributed by atoms with Crippen LogP contribution in [0.5, 0.6) is 0 Å². The Labute approximate surface area is 224 Å². The summed E-state index contributed by atoms with van der Waals surface area (Å²) in [6.45, 7) is 9.65. The monoisotopic (exact) mass is 531 g/mol. The van der Waals surface area contributed by atoms with Crippen molar-refractivity contribution in [3.8, 4) is 0 Å². The Morgan fingerprint density at radius 1 is 1.05 bits per heavy atom. The van der Waals surface area contributed by atoms with Crippen molar-refractivity contribution in [1.29, 1.82) is 0 Å². The van der Waals surface area contributed by atoms with Crippen LogP contribution in [0.4, 0.5) is 0 Å². The number of hydrogen-bond donors (Lipinski definition) is 3. The SMILES string of the molecule is CC(C)CC(=O)N(C)C(CC(O)c1nc(C(=O)NC(Cc2ccccc2)CC(C)C(=O)O)cs1)C(C)C. The molecule has 9 heteroatoms. The Bertz CT molecular complexity index is 1020. The van der Waals surface area contributed by atoms with Crippen molar-refractivity contribution in [2.75, 3.05) is 7.05 Å². The molecule has 0 saturated heterocycles. The quantitative estimate of drug-likeness (QED) is 0.329. The van der Waals surface area contributed by atoms with Crippen LogP contribution in [0.25, 0.3) is 0 Å². The van der Waals surface area contributed by atoms with Gasteiger partial charge in [0, 0.05) is 37.4 Å². The van der Waals surface area contributed by atoms with Crippen LogP contribution in [0, 0.1) is 17.8 Å². The molecule has 4 unspecified atom stereocenters. The molecule has 0 aliphatic rings. The van der Waals surface area contributed by atoms with E-state index in [-0.39, 0.29) is 41.9 Å². The molecule has 2 amide bonds. The Balaban J connectivity index is 2.10. The Hall–Kier alpha value is -2.78. The number of aliphatic hydroxyl groups is 1. The molecule has 1 aromatic heterocycles. The number of carbonyl (C=O) groups excluding carboxylic acids is 2. The van der Waals surface area contributed by atoms with Crippen molar-refractivity contribution in [3.63, 3.8) is 0 Å². The number of nitrogens with zero attached hydrogens (tertiary/aromatic N) is 2. The number of aromatic nitrogens is 1. The molecule has 0 aliphatic heterocycles. The third-order valence-electron chi connectivity index (χ3n) is 6.47. The number of aliphatic hydroxyl groups excluding tert-OH is 1. The summed E-state index contributed by atoms with van der Waals surface area (Å²) in [6, 6.07) is 9.03. The van der Waals surface area contributed by atoms with Gasteiger partial charge in [-0.15, -0.1) is 11.3 Å². The van der Waals surface area contributed by atoms with E-state index >= 15 is 0 Å². The highest BCUT2D eigenvalue weighted by molar-refractivity contribution is 7.09. The second kappa shape index (κ2) is 14.2. The molecule has 3 N–H and O–H groups in total. The van der Waals surface area contributed by atoms with Crippen LogP contribution in [-0.2, 0) is 16.0 Å². The fourth-order valence-corrected chi connectivity index (χ4v) is 5.11.